The van der Waals surface area contributed by atoms with Crippen LogP contribution in [0.2, 0.25) is 0 Å². The van der Waals surface area contributed by atoms with Crippen molar-refractivity contribution >= 4 is 29.9 Å². The van der Waals surface area contributed by atoms with Crippen LogP contribution >= 0.6 is 24.0 Å². The largest absolute Gasteiger partial charge is 0.382 e. The summed E-state index contributed by atoms with van der Waals surface area (Å²) in [6, 6.07) is 0. The molecule has 0 spiro atoms. The van der Waals surface area contributed by atoms with E-state index in [1.165, 1.54) is 38.5 Å². The molecule has 2 rings (SSSR count). The summed E-state index contributed by atoms with van der Waals surface area (Å²) in [7, 11) is 1.98. The van der Waals surface area contributed by atoms with Gasteiger partial charge in [0, 0.05) is 33.4 Å². The molecule has 7 nitrogen and oxygen atoms in total. The van der Waals surface area contributed by atoms with Crippen LogP contribution in [0.15, 0.2) is 4.99 Å². The third-order valence-electron chi connectivity index (χ3n) is 5.08. The third kappa shape index (κ3) is 9.23. The van der Waals surface area contributed by atoms with Gasteiger partial charge in [-0.05, 0) is 39.0 Å². The lowest BCUT2D eigenvalue weighted by Gasteiger charge is -2.14. The van der Waals surface area contributed by atoms with Crippen molar-refractivity contribution < 1.29 is 4.74 Å². The topological polar surface area (TPSA) is 76.4 Å². The number of aromatic nitrogens is 3. The molecule has 0 bridgehead atoms. The summed E-state index contributed by atoms with van der Waals surface area (Å²) >= 11 is 0. The van der Waals surface area contributed by atoms with Gasteiger partial charge in [0.2, 0.25) is 0 Å². The van der Waals surface area contributed by atoms with Crippen LogP contribution in [0.5, 0.6) is 0 Å². The summed E-state index contributed by atoms with van der Waals surface area (Å²) in [5, 5.41) is 15.2. The smallest absolute Gasteiger partial charge is 0.191 e. The first-order valence-corrected chi connectivity index (χ1v) is 10.2. The highest BCUT2D eigenvalue weighted by molar-refractivity contribution is 14.0. The average molecular weight is 492 g/mol. The number of nitrogens with zero attached hydrogens (tertiary/aromatic N) is 4. The van der Waals surface area contributed by atoms with E-state index >= 15 is 0 Å². The van der Waals surface area contributed by atoms with Crippen molar-refractivity contribution in [1.82, 2.24) is 25.4 Å². The minimum Gasteiger partial charge on any atom is -0.382 e. The standard InChI is InChI=1S/C19H36N6O.HI/c1-4-26-14-8-13-21-19(20-12-7-11-17-9-5-6-10-17)22-15-18-24-23-16(2)25(18)3;/h17H,4-15H2,1-3H3,(H2,20,21,22);1H. The number of hydrogen-bond acceptors (Lipinski definition) is 4. The van der Waals surface area contributed by atoms with Crippen molar-refractivity contribution in [1.29, 1.82) is 0 Å². The van der Waals surface area contributed by atoms with Gasteiger partial charge in [0.15, 0.2) is 11.8 Å². The number of hydrogen-bond donors (Lipinski definition) is 2. The zero-order valence-corrected chi connectivity index (χ0v) is 19.5. The van der Waals surface area contributed by atoms with E-state index < -0.39 is 0 Å². The van der Waals surface area contributed by atoms with Crippen LogP contribution in [0.1, 0.15) is 63.5 Å². The highest BCUT2D eigenvalue weighted by atomic mass is 127. The van der Waals surface area contributed by atoms with E-state index in [4.69, 9.17) is 4.74 Å². The monoisotopic (exact) mass is 492 g/mol. The van der Waals surface area contributed by atoms with Crippen LogP contribution in [0, 0.1) is 12.8 Å². The molecule has 27 heavy (non-hydrogen) atoms. The molecule has 0 aromatic carbocycles. The lowest BCUT2D eigenvalue weighted by Crippen LogP contribution is -2.38. The molecule has 0 aliphatic heterocycles. The molecule has 1 fully saturated rings. The lowest BCUT2D eigenvalue weighted by atomic mass is 10.0. The highest BCUT2D eigenvalue weighted by Gasteiger charge is 2.14. The van der Waals surface area contributed by atoms with E-state index in [0.717, 1.165) is 56.3 Å². The second-order valence-electron chi connectivity index (χ2n) is 7.08. The van der Waals surface area contributed by atoms with E-state index in [2.05, 4.69) is 25.8 Å². The molecule has 1 aromatic rings. The quantitative estimate of drug-likeness (QED) is 0.215. The Bertz CT molecular complexity index is 542. The lowest BCUT2D eigenvalue weighted by molar-refractivity contribution is 0.145. The summed E-state index contributed by atoms with van der Waals surface area (Å²) in [5.41, 5.74) is 0. The number of aliphatic imine (C=N–C) groups is 1. The summed E-state index contributed by atoms with van der Waals surface area (Å²) in [4.78, 5) is 4.69. The summed E-state index contributed by atoms with van der Waals surface area (Å²) in [6.45, 7) is 7.87. The molecule has 1 aliphatic rings. The Labute approximate surface area is 181 Å². The second kappa shape index (κ2) is 14.1. The van der Waals surface area contributed by atoms with Crippen LogP contribution < -0.4 is 10.6 Å². The Balaban J connectivity index is 0.00000364. The Hall–Kier alpha value is -0.900. The van der Waals surface area contributed by atoms with Gasteiger partial charge in [-0.3, -0.25) is 0 Å². The van der Waals surface area contributed by atoms with Crippen molar-refractivity contribution in [3.8, 4) is 0 Å². The normalized spacial score (nSPS) is 15.0. The van der Waals surface area contributed by atoms with Gasteiger partial charge in [-0.1, -0.05) is 25.7 Å². The van der Waals surface area contributed by atoms with Crippen LogP contribution in [0.25, 0.3) is 0 Å². The molecule has 1 saturated carbocycles. The summed E-state index contributed by atoms with van der Waals surface area (Å²) in [6.07, 6.45) is 9.18. The first kappa shape index (κ1) is 24.1. The molecular formula is C19H37IN6O. The van der Waals surface area contributed by atoms with Crippen LogP contribution in [-0.4, -0.2) is 47.0 Å². The molecule has 1 aromatic heterocycles. The van der Waals surface area contributed by atoms with Crippen molar-refractivity contribution in [2.24, 2.45) is 18.0 Å². The number of guanidine groups is 1. The number of nitrogens with one attached hydrogen (secondary N) is 2. The van der Waals surface area contributed by atoms with Crippen molar-refractivity contribution in [3.05, 3.63) is 11.6 Å². The fraction of sp³-hybridized carbons (Fsp3) is 0.842. The molecule has 156 valence electrons. The third-order valence-corrected chi connectivity index (χ3v) is 5.08. The van der Waals surface area contributed by atoms with Gasteiger partial charge < -0.3 is 19.9 Å². The van der Waals surface area contributed by atoms with E-state index in [1.807, 2.05) is 25.5 Å². The van der Waals surface area contributed by atoms with Crippen molar-refractivity contribution in [2.45, 2.75) is 65.3 Å². The predicted octanol–water partition coefficient (Wildman–Crippen LogP) is 3.17. The van der Waals surface area contributed by atoms with E-state index in [9.17, 15) is 0 Å². The Kier molecular flexibility index (Phi) is 12.6. The maximum atomic E-state index is 5.40. The van der Waals surface area contributed by atoms with Gasteiger partial charge in [0.05, 0.1) is 0 Å². The fourth-order valence-corrected chi connectivity index (χ4v) is 3.33. The number of ether oxygens (including phenoxy) is 1. The molecule has 1 heterocycles. The predicted molar refractivity (Wildman–Crippen MR) is 121 cm³/mol. The molecule has 0 radical (unpaired) electrons. The fourth-order valence-electron chi connectivity index (χ4n) is 3.33. The molecular weight excluding hydrogens is 455 g/mol. The van der Waals surface area contributed by atoms with E-state index in [-0.39, 0.29) is 24.0 Å². The number of aryl methyl sites for hydroxylation is 1. The minimum atomic E-state index is 0. The molecule has 0 saturated heterocycles. The Morgan fingerprint density at radius 1 is 1.19 bits per heavy atom. The zero-order chi connectivity index (χ0) is 18.6. The van der Waals surface area contributed by atoms with E-state index in [1.54, 1.807) is 0 Å². The maximum absolute atomic E-state index is 5.40. The van der Waals surface area contributed by atoms with Crippen LogP contribution in [0.3, 0.4) is 0 Å². The highest BCUT2D eigenvalue weighted by Crippen LogP contribution is 2.28. The van der Waals surface area contributed by atoms with Crippen LogP contribution in [0.4, 0.5) is 0 Å². The van der Waals surface area contributed by atoms with Gasteiger partial charge in [-0.25, -0.2) is 4.99 Å². The maximum Gasteiger partial charge on any atom is 0.191 e. The van der Waals surface area contributed by atoms with Gasteiger partial charge in [0.1, 0.15) is 12.4 Å². The second-order valence-corrected chi connectivity index (χ2v) is 7.08. The molecule has 0 atom stereocenters. The first-order valence-electron chi connectivity index (χ1n) is 10.2. The van der Waals surface area contributed by atoms with Crippen LogP contribution in [-0.2, 0) is 18.3 Å². The molecule has 8 heteroatoms. The van der Waals surface area contributed by atoms with Crippen molar-refractivity contribution in [3.63, 3.8) is 0 Å². The average Bonchev–Trinajstić information content (AvgIpc) is 3.27. The number of halogens is 1. The number of rotatable bonds is 11. The van der Waals surface area contributed by atoms with E-state index in [0.29, 0.717) is 6.54 Å². The van der Waals surface area contributed by atoms with Gasteiger partial charge in [-0.2, -0.15) is 0 Å². The van der Waals surface area contributed by atoms with Gasteiger partial charge >= 0.3 is 0 Å². The molecule has 0 unspecified atom stereocenters. The summed E-state index contributed by atoms with van der Waals surface area (Å²) in [5.74, 6) is 3.58. The minimum absolute atomic E-state index is 0. The Morgan fingerprint density at radius 2 is 1.89 bits per heavy atom. The molecule has 1 aliphatic carbocycles. The molecule has 0 amide bonds. The summed E-state index contributed by atoms with van der Waals surface area (Å²) < 4.78 is 7.38. The first-order chi connectivity index (χ1) is 12.7. The molecule has 2 N–H and O–H groups in total. The van der Waals surface area contributed by atoms with Crippen molar-refractivity contribution in [2.75, 3.05) is 26.3 Å². The van der Waals surface area contributed by atoms with Gasteiger partial charge in [-0.15, -0.1) is 34.2 Å². The van der Waals surface area contributed by atoms with Gasteiger partial charge in [0.25, 0.3) is 0 Å². The SMILES string of the molecule is CCOCCCNC(=NCc1nnc(C)n1C)NCCCC1CCCC1.I. The zero-order valence-electron chi connectivity index (χ0n) is 17.2. The Morgan fingerprint density at radius 3 is 2.52 bits per heavy atom.